The lowest BCUT2D eigenvalue weighted by Gasteiger charge is -2.04. The molecule has 1 aromatic rings. The average Bonchev–Trinajstić information content (AvgIpc) is 2.05. The molecule has 0 spiro atoms. The van der Waals surface area contributed by atoms with E-state index in [2.05, 4.69) is 23.8 Å². The van der Waals surface area contributed by atoms with Crippen LogP contribution in [0.15, 0.2) is 18.6 Å². The Kier molecular flexibility index (Phi) is 2.37. The van der Waals surface area contributed by atoms with Gasteiger partial charge < -0.3 is 0 Å². The summed E-state index contributed by atoms with van der Waals surface area (Å²) >= 11 is 0. The fourth-order valence-electron chi connectivity index (χ4n) is 0.774. The highest BCUT2D eigenvalue weighted by molar-refractivity contribution is 5.00. The van der Waals surface area contributed by atoms with Gasteiger partial charge >= 0.3 is 0 Å². The minimum absolute atomic E-state index is 0.536. The third-order valence-corrected chi connectivity index (χ3v) is 1.70. The second-order valence-electron chi connectivity index (χ2n) is 2.44. The molecule has 0 saturated heterocycles. The first-order chi connectivity index (χ1) is 4.84. The fraction of sp³-hybridized carbons (Fsp3) is 0.500. The Bertz CT molecular complexity index is 184. The maximum atomic E-state index is 4.19. The molecule has 2 heteroatoms. The Balaban J connectivity index is 2.75. The van der Waals surface area contributed by atoms with Gasteiger partial charge in [-0.3, -0.25) is 9.97 Å². The summed E-state index contributed by atoms with van der Waals surface area (Å²) in [4.78, 5) is 8.18. The third kappa shape index (κ3) is 1.53. The van der Waals surface area contributed by atoms with Gasteiger partial charge in [0.1, 0.15) is 0 Å². The maximum Gasteiger partial charge on any atom is 0.0614 e. The van der Waals surface area contributed by atoms with E-state index in [4.69, 9.17) is 0 Å². The van der Waals surface area contributed by atoms with Crippen LogP contribution in [0.3, 0.4) is 0 Å². The van der Waals surface area contributed by atoms with Crippen molar-refractivity contribution in [2.45, 2.75) is 26.2 Å². The largest absolute Gasteiger partial charge is 0.261 e. The lowest BCUT2D eigenvalue weighted by Crippen LogP contribution is -1.94. The highest BCUT2D eigenvalue weighted by Gasteiger charge is 2.01. The topological polar surface area (TPSA) is 25.8 Å². The molecule has 0 N–H and O–H groups in total. The summed E-state index contributed by atoms with van der Waals surface area (Å²) in [5, 5.41) is 0. The fourth-order valence-corrected chi connectivity index (χ4v) is 0.774. The van der Waals surface area contributed by atoms with Crippen LogP contribution in [-0.4, -0.2) is 9.97 Å². The van der Waals surface area contributed by atoms with E-state index in [0.717, 1.165) is 12.1 Å². The molecule has 1 atom stereocenters. The van der Waals surface area contributed by atoms with Crippen molar-refractivity contribution in [3.05, 3.63) is 24.3 Å². The van der Waals surface area contributed by atoms with Gasteiger partial charge in [0.05, 0.1) is 5.69 Å². The van der Waals surface area contributed by atoms with E-state index in [-0.39, 0.29) is 0 Å². The number of hydrogen-bond acceptors (Lipinski definition) is 2. The lowest BCUT2D eigenvalue weighted by atomic mass is 10.1. The maximum absolute atomic E-state index is 4.19. The quantitative estimate of drug-likeness (QED) is 0.621. The van der Waals surface area contributed by atoms with Crippen molar-refractivity contribution in [2.75, 3.05) is 0 Å². The van der Waals surface area contributed by atoms with Gasteiger partial charge in [-0.25, -0.2) is 0 Å². The average molecular weight is 136 g/mol. The second kappa shape index (κ2) is 3.30. The summed E-state index contributed by atoms with van der Waals surface area (Å²) in [5.41, 5.74) is 1.09. The summed E-state index contributed by atoms with van der Waals surface area (Å²) in [5.74, 6) is 0.536. The molecule has 2 nitrogen and oxygen atoms in total. The summed E-state index contributed by atoms with van der Waals surface area (Å²) in [6.45, 7) is 4.31. The molecule has 0 fully saturated rings. The Morgan fingerprint density at radius 1 is 1.50 bits per heavy atom. The Labute approximate surface area is 61.3 Å². The molecule has 0 radical (unpaired) electrons. The van der Waals surface area contributed by atoms with Gasteiger partial charge in [-0.1, -0.05) is 13.8 Å². The van der Waals surface area contributed by atoms with E-state index >= 15 is 0 Å². The Hall–Kier alpha value is -0.920. The zero-order chi connectivity index (χ0) is 7.40. The molecule has 10 heavy (non-hydrogen) atoms. The molecule has 1 unspecified atom stereocenters. The van der Waals surface area contributed by atoms with Crippen molar-refractivity contribution in [3.8, 4) is 0 Å². The highest BCUT2D eigenvalue weighted by atomic mass is 14.8. The monoisotopic (exact) mass is 136 g/mol. The van der Waals surface area contributed by atoms with Crippen LogP contribution in [0.2, 0.25) is 0 Å². The summed E-state index contributed by atoms with van der Waals surface area (Å²) in [7, 11) is 0. The molecule has 54 valence electrons. The third-order valence-electron chi connectivity index (χ3n) is 1.70. The molecule has 0 saturated carbocycles. The molecule has 1 heterocycles. The van der Waals surface area contributed by atoms with E-state index < -0.39 is 0 Å². The normalized spacial score (nSPS) is 13.0. The van der Waals surface area contributed by atoms with Gasteiger partial charge in [0, 0.05) is 18.6 Å². The molecule has 0 aliphatic rings. The van der Waals surface area contributed by atoms with Crippen molar-refractivity contribution in [1.82, 2.24) is 9.97 Å². The van der Waals surface area contributed by atoms with E-state index in [1.807, 2.05) is 6.20 Å². The zero-order valence-corrected chi connectivity index (χ0v) is 6.41. The SMILES string of the molecule is CCC(C)c1cnccn1. The van der Waals surface area contributed by atoms with E-state index in [9.17, 15) is 0 Å². The smallest absolute Gasteiger partial charge is 0.0614 e. The molecular formula is C8H12N2. The molecule has 0 aliphatic carbocycles. The highest BCUT2D eigenvalue weighted by Crippen LogP contribution is 2.13. The molecule has 0 aliphatic heterocycles. The molecule has 1 rings (SSSR count). The van der Waals surface area contributed by atoms with Crippen LogP contribution >= 0.6 is 0 Å². The Morgan fingerprint density at radius 2 is 2.30 bits per heavy atom. The summed E-state index contributed by atoms with van der Waals surface area (Å²) < 4.78 is 0. The van der Waals surface area contributed by atoms with E-state index in [1.54, 1.807) is 12.4 Å². The van der Waals surface area contributed by atoms with Crippen molar-refractivity contribution in [3.63, 3.8) is 0 Å². The predicted octanol–water partition coefficient (Wildman–Crippen LogP) is 1.99. The number of hydrogen-bond donors (Lipinski definition) is 0. The number of nitrogens with zero attached hydrogens (tertiary/aromatic N) is 2. The first-order valence-electron chi connectivity index (χ1n) is 3.60. The van der Waals surface area contributed by atoms with E-state index in [1.165, 1.54) is 0 Å². The minimum atomic E-state index is 0.536. The molecule has 1 aromatic heterocycles. The van der Waals surface area contributed by atoms with Crippen LogP contribution in [0, 0.1) is 0 Å². The van der Waals surface area contributed by atoms with Gasteiger partial charge in [0.15, 0.2) is 0 Å². The first-order valence-corrected chi connectivity index (χ1v) is 3.60. The van der Waals surface area contributed by atoms with Crippen LogP contribution in [0.5, 0.6) is 0 Å². The number of rotatable bonds is 2. The van der Waals surface area contributed by atoms with Gasteiger partial charge in [-0.2, -0.15) is 0 Å². The van der Waals surface area contributed by atoms with Gasteiger partial charge in [0.2, 0.25) is 0 Å². The molecule has 0 aromatic carbocycles. The molecular weight excluding hydrogens is 124 g/mol. The zero-order valence-electron chi connectivity index (χ0n) is 6.41. The lowest BCUT2D eigenvalue weighted by molar-refractivity contribution is 0.702. The molecule has 0 bridgehead atoms. The van der Waals surface area contributed by atoms with Crippen molar-refractivity contribution in [1.29, 1.82) is 0 Å². The summed E-state index contributed by atoms with van der Waals surface area (Å²) in [6, 6.07) is 0. The van der Waals surface area contributed by atoms with Crippen LogP contribution in [-0.2, 0) is 0 Å². The van der Waals surface area contributed by atoms with Gasteiger partial charge in [-0.15, -0.1) is 0 Å². The van der Waals surface area contributed by atoms with Crippen LogP contribution in [0.4, 0.5) is 0 Å². The second-order valence-corrected chi connectivity index (χ2v) is 2.44. The first kappa shape index (κ1) is 7.19. The van der Waals surface area contributed by atoms with Crippen molar-refractivity contribution in [2.24, 2.45) is 0 Å². The number of aromatic nitrogens is 2. The summed E-state index contributed by atoms with van der Waals surface area (Å²) in [6.07, 6.45) is 6.39. The Morgan fingerprint density at radius 3 is 2.80 bits per heavy atom. The standard InChI is InChI=1S/C8H12N2/c1-3-7(2)8-6-9-4-5-10-8/h4-7H,3H2,1-2H3. The predicted molar refractivity (Wildman–Crippen MR) is 40.7 cm³/mol. The molecule has 0 amide bonds. The van der Waals surface area contributed by atoms with Gasteiger partial charge in [-0.05, 0) is 12.3 Å². The van der Waals surface area contributed by atoms with Crippen molar-refractivity contribution >= 4 is 0 Å². The van der Waals surface area contributed by atoms with Gasteiger partial charge in [0.25, 0.3) is 0 Å². The van der Waals surface area contributed by atoms with Crippen LogP contribution < -0.4 is 0 Å². The van der Waals surface area contributed by atoms with Crippen molar-refractivity contribution < 1.29 is 0 Å². The minimum Gasteiger partial charge on any atom is -0.261 e. The van der Waals surface area contributed by atoms with Crippen LogP contribution in [0.1, 0.15) is 31.9 Å². The van der Waals surface area contributed by atoms with E-state index in [0.29, 0.717) is 5.92 Å². The van der Waals surface area contributed by atoms with Crippen LogP contribution in [0.25, 0.3) is 0 Å².